The molecule has 34 heavy (non-hydrogen) atoms. The largest absolute Gasteiger partial charge is 0.396 e. The highest BCUT2D eigenvalue weighted by atomic mass is 16.1. The summed E-state index contributed by atoms with van der Waals surface area (Å²) in [5, 5.41) is 30.5. The van der Waals surface area contributed by atoms with Gasteiger partial charge in [0.25, 0.3) is 5.56 Å². The summed E-state index contributed by atoms with van der Waals surface area (Å²) in [6.45, 7) is 3.50. The second-order valence-corrected chi connectivity index (χ2v) is 7.55. The first kappa shape index (κ1) is 20.8. The third-order valence-corrected chi connectivity index (χ3v) is 5.55. The molecular weight excluding hydrogens is 436 g/mol. The SMILES string of the molecule is Cc1nn2c(nnc3c(N)c(C#N)c(N)nc32)c1N=Nc1c(C)n(C)n(-c2ccccc2)c1=O. The summed E-state index contributed by atoms with van der Waals surface area (Å²) in [5.74, 6) is -0.0421. The fourth-order valence-electron chi connectivity index (χ4n) is 3.69. The summed E-state index contributed by atoms with van der Waals surface area (Å²) in [7, 11) is 1.77. The van der Waals surface area contributed by atoms with Crippen LogP contribution in [0.15, 0.2) is 45.4 Å². The Labute approximate surface area is 191 Å². The summed E-state index contributed by atoms with van der Waals surface area (Å²) in [5.41, 5.74) is 14.7. The zero-order valence-corrected chi connectivity index (χ0v) is 18.4. The van der Waals surface area contributed by atoms with E-state index in [-0.39, 0.29) is 45.1 Å². The Hall–Kier alpha value is -5.12. The van der Waals surface area contributed by atoms with Crippen LogP contribution in [0.1, 0.15) is 17.0 Å². The molecule has 0 aliphatic heterocycles. The zero-order valence-electron chi connectivity index (χ0n) is 18.4. The molecule has 13 nitrogen and oxygen atoms in total. The van der Waals surface area contributed by atoms with E-state index in [4.69, 9.17) is 11.5 Å². The number of nitriles is 1. The predicted molar refractivity (Wildman–Crippen MR) is 124 cm³/mol. The summed E-state index contributed by atoms with van der Waals surface area (Å²) >= 11 is 0. The number of anilines is 2. The van der Waals surface area contributed by atoms with Crippen molar-refractivity contribution in [3.63, 3.8) is 0 Å². The Morgan fingerprint density at radius 2 is 1.74 bits per heavy atom. The lowest BCUT2D eigenvalue weighted by Gasteiger charge is -2.07. The lowest BCUT2D eigenvalue weighted by atomic mass is 10.2. The van der Waals surface area contributed by atoms with E-state index < -0.39 is 0 Å². The molecule has 0 unspecified atom stereocenters. The fraction of sp³-hybridized carbons (Fsp3) is 0.143. The molecule has 0 spiro atoms. The molecule has 5 aromatic rings. The minimum Gasteiger partial charge on any atom is -0.396 e. The van der Waals surface area contributed by atoms with Gasteiger partial charge >= 0.3 is 0 Å². The summed E-state index contributed by atoms with van der Waals surface area (Å²) in [6, 6.07) is 11.2. The van der Waals surface area contributed by atoms with Crippen LogP contribution in [-0.4, -0.2) is 34.2 Å². The molecule has 0 fully saturated rings. The molecule has 4 heterocycles. The van der Waals surface area contributed by atoms with Crippen molar-refractivity contribution in [3.8, 4) is 11.8 Å². The van der Waals surface area contributed by atoms with E-state index >= 15 is 0 Å². The van der Waals surface area contributed by atoms with Gasteiger partial charge in [0.15, 0.2) is 22.5 Å². The molecule has 5 rings (SSSR count). The molecule has 0 aliphatic carbocycles. The van der Waals surface area contributed by atoms with E-state index in [2.05, 4.69) is 30.5 Å². The molecule has 4 aromatic heterocycles. The van der Waals surface area contributed by atoms with Crippen molar-refractivity contribution in [2.75, 3.05) is 11.5 Å². The van der Waals surface area contributed by atoms with Crippen molar-refractivity contribution in [2.24, 2.45) is 17.3 Å². The molecule has 0 saturated carbocycles. The van der Waals surface area contributed by atoms with Crippen molar-refractivity contribution in [2.45, 2.75) is 13.8 Å². The molecule has 0 saturated heterocycles. The van der Waals surface area contributed by atoms with E-state index in [0.717, 1.165) is 0 Å². The number of azo groups is 1. The number of nitrogen functional groups attached to an aromatic ring is 2. The smallest absolute Gasteiger partial charge is 0.299 e. The average molecular weight is 454 g/mol. The number of aryl methyl sites for hydroxylation is 1. The number of hydrogen-bond acceptors (Lipinski definition) is 10. The van der Waals surface area contributed by atoms with E-state index in [1.807, 2.05) is 36.4 Å². The number of hydrogen-bond donors (Lipinski definition) is 2. The Morgan fingerprint density at radius 3 is 2.44 bits per heavy atom. The number of rotatable bonds is 3. The van der Waals surface area contributed by atoms with Gasteiger partial charge in [-0.15, -0.1) is 20.4 Å². The normalized spacial score (nSPS) is 11.6. The minimum atomic E-state index is -0.313. The van der Waals surface area contributed by atoms with Crippen molar-refractivity contribution in [1.82, 2.24) is 34.2 Å². The number of aromatic nitrogens is 7. The van der Waals surface area contributed by atoms with Gasteiger partial charge in [-0.2, -0.15) is 14.9 Å². The van der Waals surface area contributed by atoms with Crippen molar-refractivity contribution < 1.29 is 0 Å². The van der Waals surface area contributed by atoms with Crippen molar-refractivity contribution in [3.05, 3.63) is 57.6 Å². The van der Waals surface area contributed by atoms with Crippen LogP contribution in [-0.2, 0) is 7.05 Å². The van der Waals surface area contributed by atoms with E-state index in [0.29, 0.717) is 22.8 Å². The van der Waals surface area contributed by atoms with Crippen LogP contribution < -0.4 is 17.0 Å². The number of pyridine rings is 1. The molecule has 13 heteroatoms. The molecule has 0 aliphatic rings. The maximum atomic E-state index is 13.1. The second kappa shape index (κ2) is 7.48. The van der Waals surface area contributed by atoms with Gasteiger partial charge in [0.1, 0.15) is 17.5 Å². The van der Waals surface area contributed by atoms with E-state index in [1.165, 1.54) is 9.20 Å². The van der Waals surface area contributed by atoms with Gasteiger partial charge in [-0.3, -0.25) is 9.48 Å². The lowest BCUT2D eigenvalue weighted by Crippen LogP contribution is -2.19. The highest BCUT2D eigenvalue weighted by Gasteiger charge is 2.20. The quantitative estimate of drug-likeness (QED) is 0.389. The topological polar surface area (TPSA) is 183 Å². The fourth-order valence-corrected chi connectivity index (χ4v) is 3.69. The van der Waals surface area contributed by atoms with Crippen molar-refractivity contribution in [1.29, 1.82) is 5.26 Å². The number of nitrogens with two attached hydrogens (primary N) is 2. The lowest BCUT2D eigenvalue weighted by molar-refractivity contribution is 0.630. The molecule has 0 amide bonds. The highest BCUT2D eigenvalue weighted by molar-refractivity contribution is 5.91. The molecule has 0 radical (unpaired) electrons. The highest BCUT2D eigenvalue weighted by Crippen LogP contribution is 2.30. The van der Waals surface area contributed by atoms with E-state index in [9.17, 15) is 10.1 Å². The van der Waals surface area contributed by atoms with Crippen LogP contribution in [0.4, 0.5) is 22.9 Å². The molecule has 168 valence electrons. The summed E-state index contributed by atoms with van der Waals surface area (Å²) < 4.78 is 4.62. The number of benzene rings is 1. The molecule has 4 N–H and O–H groups in total. The Bertz CT molecular complexity index is 1730. The van der Waals surface area contributed by atoms with Gasteiger partial charge in [0.05, 0.1) is 22.8 Å². The molecule has 1 aromatic carbocycles. The standard InChI is InChI=1S/C21H18N12O/c1-10-15(20-29-28-17-14(23)13(9-22)18(24)25-19(17)32(20)30-10)26-27-16-11(2)31(3)33(21(16)34)12-7-5-4-6-8-12/h4-8H,1-3H3,(H4,23,24,25). The number of fused-ring (bicyclic) bond motifs is 3. The van der Waals surface area contributed by atoms with Crippen LogP contribution in [0.5, 0.6) is 0 Å². The first-order chi connectivity index (χ1) is 16.3. The summed E-state index contributed by atoms with van der Waals surface area (Å²) in [4.78, 5) is 17.3. The summed E-state index contributed by atoms with van der Waals surface area (Å²) in [6.07, 6.45) is 0. The van der Waals surface area contributed by atoms with Crippen LogP contribution in [0.3, 0.4) is 0 Å². The maximum Gasteiger partial charge on any atom is 0.299 e. The first-order valence-corrected chi connectivity index (χ1v) is 10.1. The van der Waals surface area contributed by atoms with Gasteiger partial charge in [-0.25, -0.2) is 9.67 Å². The number of para-hydroxylation sites is 1. The Kier molecular flexibility index (Phi) is 4.57. The third-order valence-electron chi connectivity index (χ3n) is 5.55. The molecule has 0 bridgehead atoms. The average Bonchev–Trinajstić information content (AvgIpc) is 3.25. The second-order valence-electron chi connectivity index (χ2n) is 7.55. The van der Waals surface area contributed by atoms with Crippen LogP contribution in [0.25, 0.3) is 22.5 Å². The predicted octanol–water partition coefficient (Wildman–Crippen LogP) is 2.23. The van der Waals surface area contributed by atoms with Crippen LogP contribution in [0.2, 0.25) is 0 Å². The van der Waals surface area contributed by atoms with Crippen molar-refractivity contribution >= 4 is 39.7 Å². The van der Waals surface area contributed by atoms with Gasteiger partial charge in [0.2, 0.25) is 5.65 Å². The maximum absolute atomic E-state index is 13.1. The van der Waals surface area contributed by atoms with Gasteiger partial charge < -0.3 is 11.5 Å². The van der Waals surface area contributed by atoms with Gasteiger partial charge in [-0.05, 0) is 26.0 Å². The van der Waals surface area contributed by atoms with Gasteiger partial charge in [0, 0.05) is 7.05 Å². The Morgan fingerprint density at radius 1 is 1.03 bits per heavy atom. The first-order valence-electron chi connectivity index (χ1n) is 10.1. The van der Waals surface area contributed by atoms with Gasteiger partial charge in [-0.1, -0.05) is 18.2 Å². The zero-order chi connectivity index (χ0) is 24.1. The Balaban J connectivity index is 1.67. The minimum absolute atomic E-state index is 0.0270. The van der Waals surface area contributed by atoms with Crippen LogP contribution >= 0.6 is 0 Å². The third kappa shape index (κ3) is 2.89. The van der Waals surface area contributed by atoms with Crippen LogP contribution in [0, 0.1) is 25.2 Å². The monoisotopic (exact) mass is 454 g/mol. The molecular formula is C21H18N12O. The number of nitrogens with zero attached hydrogens (tertiary/aromatic N) is 10. The molecule has 0 atom stereocenters. The van der Waals surface area contributed by atoms with E-state index in [1.54, 1.807) is 25.6 Å².